The number of aryl methyl sites for hydroxylation is 2. The maximum absolute atomic E-state index is 13.3. The second-order valence-corrected chi connectivity index (χ2v) is 8.70. The van der Waals surface area contributed by atoms with Gasteiger partial charge in [-0.15, -0.1) is 0 Å². The maximum atomic E-state index is 13.3. The number of hydrogen-bond acceptors (Lipinski definition) is 4. The van der Waals surface area contributed by atoms with Crippen LogP contribution in [0.5, 0.6) is 0 Å². The van der Waals surface area contributed by atoms with E-state index in [9.17, 15) is 4.79 Å². The monoisotopic (exact) mass is 441 g/mol. The molecule has 1 saturated heterocycles. The van der Waals surface area contributed by atoms with Gasteiger partial charge in [-0.1, -0.05) is 43.7 Å². The van der Waals surface area contributed by atoms with Crippen LogP contribution >= 0.6 is 0 Å². The second kappa shape index (κ2) is 10.5. The highest BCUT2D eigenvalue weighted by Gasteiger charge is 2.32. The molecule has 1 amide bonds. The van der Waals surface area contributed by atoms with Gasteiger partial charge in [0.1, 0.15) is 0 Å². The SMILES string of the molecule is CCCCn1cncc1C(Cc1ccc(C#N)cc1)N1CCN(c2ccccc2C)C(=O)C1. The Labute approximate surface area is 196 Å². The molecule has 1 aliphatic rings. The summed E-state index contributed by atoms with van der Waals surface area (Å²) in [6.07, 6.45) is 6.82. The van der Waals surface area contributed by atoms with E-state index in [1.807, 2.05) is 59.9 Å². The summed E-state index contributed by atoms with van der Waals surface area (Å²) in [6, 6.07) is 18.1. The molecule has 6 nitrogen and oxygen atoms in total. The van der Waals surface area contributed by atoms with Gasteiger partial charge < -0.3 is 9.47 Å². The molecule has 0 aliphatic carbocycles. The summed E-state index contributed by atoms with van der Waals surface area (Å²) in [6.45, 7) is 6.99. The van der Waals surface area contributed by atoms with Crippen molar-refractivity contribution >= 4 is 11.6 Å². The first-order chi connectivity index (χ1) is 16.1. The maximum Gasteiger partial charge on any atom is 0.241 e. The first-order valence-electron chi connectivity index (χ1n) is 11.7. The van der Waals surface area contributed by atoms with E-state index in [-0.39, 0.29) is 11.9 Å². The van der Waals surface area contributed by atoms with Crippen LogP contribution in [-0.2, 0) is 17.8 Å². The number of imidazole rings is 1. The minimum absolute atomic E-state index is 0.0419. The lowest BCUT2D eigenvalue weighted by Gasteiger charge is -2.39. The molecule has 1 aromatic heterocycles. The zero-order valence-corrected chi connectivity index (χ0v) is 19.4. The summed E-state index contributed by atoms with van der Waals surface area (Å²) in [7, 11) is 0. The van der Waals surface area contributed by atoms with Gasteiger partial charge in [0.25, 0.3) is 0 Å². The lowest BCUT2D eigenvalue weighted by atomic mass is 9.99. The molecule has 0 saturated carbocycles. The van der Waals surface area contributed by atoms with Crippen LogP contribution in [0, 0.1) is 18.3 Å². The number of para-hydroxylation sites is 1. The van der Waals surface area contributed by atoms with Crippen LogP contribution in [0.15, 0.2) is 61.1 Å². The summed E-state index contributed by atoms with van der Waals surface area (Å²) in [5.41, 5.74) is 5.07. The van der Waals surface area contributed by atoms with Gasteiger partial charge in [0, 0.05) is 31.5 Å². The summed E-state index contributed by atoms with van der Waals surface area (Å²) >= 11 is 0. The van der Waals surface area contributed by atoms with Crippen molar-refractivity contribution < 1.29 is 4.79 Å². The van der Waals surface area contributed by atoms with E-state index < -0.39 is 0 Å². The van der Waals surface area contributed by atoms with Crippen molar-refractivity contribution in [2.45, 2.75) is 45.7 Å². The van der Waals surface area contributed by atoms with E-state index >= 15 is 0 Å². The van der Waals surface area contributed by atoms with Gasteiger partial charge in [-0.05, 0) is 49.1 Å². The van der Waals surface area contributed by atoms with E-state index in [1.54, 1.807) is 0 Å². The topological polar surface area (TPSA) is 65.2 Å². The Kier molecular flexibility index (Phi) is 7.21. The smallest absolute Gasteiger partial charge is 0.241 e. The fourth-order valence-corrected chi connectivity index (χ4v) is 4.56. The fourth-order valence-electron chi connectivity index (χ4n) is 4.56. The van der Waals surface area contributed by atoms with Crippen LogP contribution < -0.4 is 4.90 Å². The number of aromatic nitrogens is 2. The lowest BCUT2D eigenvalue weighted by Crippen LogP contribution is -2.52. The Hall–Kier alpha value is -3.43. The van der Waals surface area contributed by atoms with Gasteiger partial charge in [-0.2, -0.15) is 5.26 Å². The van der Waals surface area contributed by atoms with Gasteiger partial charge in [0.2, 0.25) is 5.91 Å². The van der Waals surface area contributed by atoms with E-state index in [0.29, 0.717) is 18.7 Å². The van der Waals surface area contributed by atoms with Crippen molar-refractivity contribution in [1.82, 2.24) is 14.5 Å². The molecule has 1 unspecified atom stereocenters. The first kappa shape index (κ1) is 22.8. The molecule has 0 radical (unpaired) electrons. The number of nitrogens with zero attached hydrogens (tertiary/aromatic N) is 5. The number of hydrogen-bond donors (Lipinski definition) is 0. The number of anilines is 1. The average molecular weight is 442 g/mol. The van der Waals surface area contributed by atoms with E-state index in [0.717, 1.165) is 54.9 Å². The molecule has 0 N–H and O–H groups in total. The molecule has 170 valence electrons. The van der Waals surface area contributed by atoms with Gasteiger partial charge >= 0.3 is 0 Å². The predicted molar refractivity (Wildman–Crippen MR) is 130 cm³/mol. The van der Waals surface area contributed by atoms with Crippen molar-refractivity contribution in [3.8, 4) is 6.07 Å². The van der Waals surface area contributed by atoms with Crippen LogP contribution in [0.25, 0.3) is 0 Å². The quantitative estimate of drug-likeness (QED) is 0.516. The highest BCUT2D eigenvalue weighted by molar-refractivity contribution is 5.96. The number of unbranched alkanes of at least 4 members (excludes halogenated alkanes) is 1. The summed E-state index contributed by atoms with van der Waals surface area (Å²) in [5.74, 6) is 0.125. The number of nitriles is 1. The zero-order chi connectivity index (χ0) is 23.2. The molecule has 4 rings (SSSR count). The summed E-state index contributed by atoms with van der Waals surface area (Å²) in [4.78, 5) is 21.9. The highest BCUT2D eigenvalue weighted by atomic mass is 16.2. The van der Waals surface area contributed by atoms with Crippen LogP contribution in [-0.4, -0.2) is 40.0 Å². The Morgan fingerprint density at radius 3 is 2.61 bits per heavy atom. The molecule has 0 bridgehead atoms. The van der Waals surface area contributed by atoms with E-state index in [1.165, 1.54) is 0 Å². The molecular formula is C27H31N5O. The van der Waals surface area contributed by atoms with Crippen molar-refractivity contribution in [3.63, 3.8) is 0 Å². The van der Waals surface area contributed by atoms with Crippen LogP contribution in [0.2, 0.25) is 0 Å². The lowest BCUT2D eigenvalue weighted by molar-refractivity contribution is -0.122. The minimum Gasteiger partial charge on any atom is -0.333 e. The molecule has 1 fully saturated rings. The average Bonchev–Trinajstić information content (AvgIpc) is 3.30. The zero-order valence-electron chi connectivity index (χ0n) is 19.4. The van der Waals surface area contributed by atoms with Crippen molar-refractivity contribution in [2.75, 3.05) is 24.5 Å². The second-order valence-electron chi connectivity index (χ2n) is 8.70. The molecule has 0 spiro atoms. The predicted octanol–water partition coefficient (Wildman–Crippen LogP) is 4.50. The van der Waals surface area contributed by atoms with Gasteiger partial charge in [-0.3, -0.25) is 9.69 Å². The largest absolute Gasteiger partial charge is 0.333 e. The third-order valence-corrected chi connectivity index (χ3v) is 6.45. The molecule has 33 heavy (non-hydrogen) atoms. The number of amides is 1. The Morgan fingerprint density at radius 1 is 1.12 bits per heavy atom. The van der Waals surface area contributed by atoms with Gasteiger partial charge in [0.15, 0.2) is 0 Å². The summed E-state index contributed by atoms with van der Waals surface area (Å²) in [5, 5.41) is 9.14. The number of benzene rings is 2. The Balaban J connectivity index is 1.59. The normalized spacial score (nSPS) is 15.4. The Bertz CT molecular complexity index is 1130. The number of rotatable bonds is 8. The fraction of sp³-hybridized carbons (Fsp3) is 0.370. The van der Waals surface area contributed by atoms with Crippen LogP contribution in [0.3, 0.4) is 0 Å². The highest BCUT2D eigenvalue weighted by Crippen LogP contribution is 2.29. The molecule has 1 atom stereocenters. The third-order valence-electron chi connectivity index (χ3n) is 6.45. The van der Waals surface area contributed by atoms with Crippen molar-refractivity contribution in [2.24, 2.45) is 0 Å². The van der Waals surface area contributed by atoms with Crippen LogP contribution in [0.1, 0.15) is 48.2 Å². The van der Waals surface area contributed by atoms with E-state index in [4.69, 9.17) is 5.26 Å². The van der Waals surface area contributed by atoms with Crippen LogP contribution in [0.4, 0.5) is 5.69 Å². The molecule has 2 heterocycles. The van der Waals surface area contributed by atoms with Gasteiger partial charge in [-0.25, -0.2) is 4.98 Å². The van der Waals surface area contributed by atoms with Gasteiger partial charge in [0.05, 0.1) is 36.2 Å². The third kappa shape index (κ3) is 5.15. The number of piperazine rings is 1. The number of carbonyl (C=O) groups is 1. The molecule has 2 aromatic carbocycles. The minimum atomic E-state index is 0.0419. The summed E-state index contributed by atoms with van der Waals surface area (Å²) < 4.78 is 2.23. The molecule has 3 aromatic rings. The van der Waals surface area contributed by atoms with E-state index in [2.05, 4.69) is 40.4 Å². The molecular weight excluding hydrogens is 410 g/mol. The first-order valence-corrected chi connectivity index (χ1v) is 11.7. The molecule has 6 heteroatoms. The van der Waals surface area contributed by atoms with Crippen molar-refractivity contribution in [3.05, 3.63) is 83.4 Å². The molecule has 1 aliphatic heterocycles. The number of carbonyl (C=O) groups excluding carboxylic acids is 1. The Morgan fingerprint density at radius 2 is 1.91 bits per heavy atom. The van der Waals surface area contributed by atoms with Crippen molar-refractivity contribution in [1.29, 1.82) is 5.26 Å². The standard InChI is InChI=1S/C27H31N5O/c1-3-4-13-31-20-29-18-26(31)25(16-22-9-11-23(17-28)12-10-22)30-14-15-32(27(33)19-30)24-8-6-5-7-21(24)2/h5-12,18,20,25H,3-4,13-16,19H2,1-2H3.